The van der Waals surface area contributed by atoms with Gasteiger partial charge in [0, 0.05) is 0 Å². The Bertz CT molecular complexity index is 299. The standard InChI is InChI=1S/C11H15FO/c1-11(2,3)7-8-6-9(13)4-5-10(8)12/h4-6,13H,7H2,1-3H3. The minimum absolute atomic E-state index is 0.0363. The second-order valence-electron chi connectivity index (χ2n) is 4.51. The Morgan fingerprint density at radius 2 is 1.92 bits per heavy atom. The van der Waals surface area contributed by atoms with Crippen LogP contribution in [0.5, 0.6) is 5.75 Å². The molecule has 1 aromatic carbocycles. The molecule has 0 aliphatic carbocycles. The van der Waals surface area contributed by atoms with E-state index in [9.17, 15) is 4.39 Å². The molecule has 13 heavy (non-hydrogen) atoms. The number of phenols is 1. The van der Waals surface area contributed by atoms with Crippen LogP contribution in [0.2, 0.25) is 0 Å². The molecule has 0 spiro atoms. The first-order chi connectivity index (χ1) is 5.88. The zero-order chi connectivity index (χ0) is 10.1. The Kier molecular flexibility index (Phi) is 2.60. The zero-order valence-electron chi connectivity index (χ0n) is 8.26. The largest absolute Gasteiger partial charge is 0.508 e. The van der Waals surface area contributed by atoms with E-state index in [1.165, 1.54) is 18.2 Å². The smallest absolute Gasteiger partial charge is 0.126 e. The number of phenolic OH excluding ortho intramolecular Hbond substituents is 1. The van der Waals surface area contributed by atoms with Crippen molar-refractivity contribution in [3.05, 3.63) is 29.6 Å². The van der Waals surface area contributed by atoms with Crippen LogP contribution in [0.15, 0.2) is 18.2 Å². The van der Waals surface area contributed by atoms with Gasteiger partial charge in [-0.3, -0.25) is 0 Å². The summed E-state index contributed by atoms with van der Waals surface area (Å²) in [5.74, 6) is -0.117. The molecule has 72 valence electrons. The molecule has 1 rings (SSSR count). The van der Waals surface area contributed by atoms with E-state index in [1.807, 2.05) is 20.8 Å². The highest BCUT2D eigenvalue weighted by molar-refractivity contribution is 5.29. The number of benzene rings is 1. The van der Waals surface area contributed by atoms with Gasteiger partial charge in [-0.2, -0.15) is 0 Å². The highest BCUT2D eigenvalue weighted by Gasteiger charge is 2.14. The van der Waals surface area contributed by atoms with Crippen molar-refractivity contribution in [1.29, 1.82) is 0 Å². The molecule has 2 heteroatoms. The monoisotopic (exact) mass is 182 g/mol. The third-order valence-electron chi connectivity index (χ3n) is 1.75. The first-order valence-corrected chi connectivity index (χ1v) is 4.36. The van der Waals surface area contributed by atoms with Crippen molar-refractivity contribution in [2.45, 2.75) is 27.2 Å². The molecule has 0 saturated heterocycles. The molecule has 0 aromatic heterocycles. The molecule has 1 aromatic rings. The first kappa shape index (κ1) is 10.0. The number of rotatable bonds is 1. The maximum Gasteiger partial charge on any atom is 0.126 e. The summed E-state index contributed by atoms with van der Waals surface area (Å²) >= 11 is 0. The van der Waals surface area contributed by atoms with E-state index >= 15 is 0 Å². The van der Waals surface area contributed by atoms with E-state index in [0.29, 0.717) is 12.0 Å². The fourth-order valence-electron chi connectivity index (χ4n) is 1.27. The predicted octanol–water partition coefficient (Wildman–Crippen LogP) is 3.12. The number of hydrogen-bond donors (Lipinski definition) is 1. The van der Waals surface area contributed by atoms with Crippen LogP contribution in [0.25, 0.3) is 0 Å². The number of aromatic hydroxyl groups is 1. The van der Waals surface area contributed by atoms with Crippen molar-refractivity contribution in [2.75, 3.05) is 0 Å². The van der Waals surface area contributed by atoms with Gasteiger partial charge in [-0.15, -0.1) is 0 Å². The van der Waals surface area contributed by atoms with Crippen molar-refractivity contribution >= 4 is 0 Å². The molecule has 0 atom stereocenters. The van der Waals surface area contributed by atoms with E-state index < -0.39 is 0 Å². The molecule has 0 aliphatic heterocycles. The predicted molar refractivity (Wildman–Crippen MR) is 51.2 cm³/mol. The second-order valence-corrected chi connectivity index (χ2v) is 4.51. The molecule has 1 nitrogen and oxygen atoms in total. The van der Waals surface area contributed by atoms with Crippen molar-refractivity contribution in [2.24, 2.45) is 5.41 Å². The maximum atomic E-state index is 13.2. The van der Waals surface area contributed by atoms with E-state index in [0.717, 1.165) is 0 Å². The third-order valence-corrected chi connectivity index (χ3v) is 1.75. The lowest BCUT2D eigenvalue weighted by molar-refractivity contribution is 0.399. The van der Waals surface area contributed by atoms with E-state index in [1.54, 1.807) is 0 Å². The summed E-state index contributed by atoms with van der Waals surface area (Å²) in [4.78, 5) is 0. The molecule has 0 unspecified atom stereocenters. The Morgan fingerprint density at radius 1 is 1.31 bits per heavy atom. The van der Waals surface area contributed by atoms with Gasteiger partial charge in [0.1, 0.15) is 11.6 Å². The van der Waals surface area contributed by atoms with E-state index in [2.05, 4.69) is 0 Å². The molecule has 0 aliphatic rings. The first-order valence-electron chi connectivity index (χ1n) is 4.36. The fourth-order valence-corrected chi connectivity index (χ4v) is 1.27. The van der Waals surface area contributed by atoms with Gasteiger partial charge >= 0.3 is 0 Å². The van der Waals surface area contributed by atoms with Gasteiger partial charge in [-0.1, -0.05) is 20.8 Å². The zero-order valence-corrected chi connectivity index (χ0v) is 8.26. The Labute approximate surface area is 78.2 Å². The molecule has 0 fully saturated rings. The third kappa shape index (κ3) is 3.05. The summed E-state index contributed by atoms with van der Waals surface area (Å²) in [7, 11) is 0. The molecule has 0 bridgehead atoms. The van der Waals surface area contributed by atoms with Gasteiger partial charge in [0.05, 0.1) is 0 Å². The van der Waals surface area contributed by atoms with Crippen LogP contribution < -0.4 is 0 Å². The topological polar surface area (TPSA) is 20.2 Å². The number of halogens is 1. The van der Waals surface area contributed by atoms with Crippen molar-refractivity contribution in [1.82, 2.24) is 0 Å². The van der Waals surface area contributed by atoms with Crippen LogP contribution in [0.1, 0.15) is 26.3 Å². The normalized spacial score (nSPS) is 11.7. The lowest BCUT2D eigenvalue weighted by Gasteiger charge is -2.18. The Balaban J connectivity index is 2.94. The second kappa shape index (κ2) is 3.36. The average Bonchev–Trinajstić information content (AvgIpc) is 1.94. The van der Waals surface area contributed by atoms with Gasteiger partial charge in [-0.25, -0.2) is 4.39 Å². The van der Waals surface area contributed by atoms with Crippen LogP contribution in [0, 0.1) is 11.2 Å². The van der Waals surface area contributed by atoms with Gasteiger partial charge in [-0.05, 0) is 35.6 Å². The Hall–Kier alpha value is -1.05. The van der Waals surface area contributed by atoms with Crippen LogP contribution in [-0.2, 0) is 6.42 Å². The summed E-state index contributed by atoms with van der Waals surface area (Å²) in [5.41, 5.74) is 0.613. The summed E-state index contributed by atoms with van der Waals surface area (Å²) < 4.78 is 13.2. The van der Waals surface area contributed by atoms with E-state index in [4.69, 9.17) is 5.11 Å². The van der Waals surface area contributed by atoms with Crippen LogP contribution in [0.4, 0.5) is 4.39 Å². The van der Waals surface area contributed by atoms with Gasteiger partial charge in [0.2, 0.25) is 0 Å². The van der Waals surface area contributed by atoms with Crippen molar-refractivity contribution in [3.8, 4) is 5.75 Å². The summed E-state index contributed by atoms with van der Waals surface area (Å²) in [6, 6.07) is 4.15. The minimum atomic E-state index is -0.243. The highest BCUT2D eigenvalue weighted by Crippen LogP contribution is 2.24. The molecule has 0 radical (unpaired) electrons. The lowest BCUT2D eigenvalue weighted by Crippen LogP contribution is -2.10. The van der Waals surface area contributed by atoms with Crippen LogP contribution in [-0.4, -0.2) is 5.11 Å². The lowest BCUT2D eigenvalue weighted by atomic mass is 9.88. The average molecular weight is 182 g/mol. The van der Waals surface area contributed by atoms with Gasteiger partial charge in [0.25, 0.3) is 0 Å². The molecular formula is C11H15FO. The van der Waals surface area contributed by atoms with Crippen LogP contribution in [0.3, 0.4) is 0 Å². The molecule has 0 amide bonds. The summed E-state index contributed by atoms with van der Waals surface area (Å²) in [5, 5.41) is 9.17. The highest BCUT2D eigenvalue weighted by atomic mass is 19.1. The quantitative estimate of drug-likeness (QED) is 0.707. The van der Waals surface area contributed by atoms with Gasteiger partial charge < -0.3 is 5.11 Å². The number of hydrogen-bond acceptors (Lipinski definition) is 1. The summed E-state index contributed by atoms with van der Waals surface area (Å²) in [6.07, 6.45) is 0.632. The van der Waals surface area contributed by atoms with Gasteiger partial charge in [0.15, 0.2) is 0 Å². The van der Waals surface area contributed by atoms with Crippen molar-refractivity contribution < 1.29 is 9.50 Å². The molecule has 0 heterocycles. The molecule has 0 saturated carbocycles. The maximum absolute atomic E-state index is 13.2. The fraction of sp³-hybridized carbons (Fsp3) is 0.455. The molecule has 1 N–H and O–H groups in total. The molecular weight excluding hydrogens is 167 g/mol. The SMILES string of the molecule is CC(C)(C)Cc1cc(O)ccc1F. The summed E-state index contributed by atoms with van der Waals surface area (Å²) in [6.45, 7) is 6.11. The van der Waals surface area contributed by atoms with Crippen LogP contribution >= 0.6 is 0 Å². The van der Waals surface area contributed by atoms with E-state index in [-0.39, 0.29) is 17.0 Å². The Morgan fingerprint density at radius 3 is 2.46 bits per heavy atom. The minimum Gasteiger partial charge on any atom is -0.508 e. The van der Waals surface area contributed by atoms with Crippen molar-refractivity contribution in [3.63, 3.8) is 0 Å².